The minimum atomic E-state index is -0.467. The van der Waals surface area contributed by atoms with Crippen LogP contribution in [0.2, 0.25) is 0 Å². The van der Waals surface area contributed by atoms with Crippen LogP contribution in [0.4, 0.5) is 8.78 Å². The fourth-order valence-electron chi connectivity index (χ4n) is 2.20. The molecule has 5 nitrogen and oxygen atoms in total. The molecule has 1 heterocycles. The van der Waals surface area contributed by atoms with Gasteiger partial charge in [-0.05, 0) is 25.1 Å². The molecule has 0 bridgehead atoms. The van der Waals surface area contributed by atoms with Gasteiger partial charge in [0, 0.05) is 44.5 Å². The topological polar surface area (TPSA) is 45.5 Å². The van der Waals surface area contributed by atoms with Crippen LogP contribution in [-0.4, -0.2) is 34.2 Å². The molecule has 0 aliphatic rings. The molecule has 0 amide bonds. The molecule has 0 unspecified atom stereocenters. The van der Waals surface area contributed by atoms with Crippen LogP contribution in [0.25, 0.3) is 0 Å². The molecule has 2 aromatic rings. The number of guanidine groups is 1. The van der Waals surface area contributed by atoms with Gasteiger partial charge >= 0.3 is 0 Å². The van der Waals surface area contributed by atoms with Crippen molar-refractivity contribution in [3.05, 3.63) is 53.4 Å². The number of nitrogens with one attached hydrogen (secondary N) is 1. The van der Waals surface area contributed by atoms with Gasteiger partial charge in [0.2, 0.25) is 0 Å². The van der Waals surface area contributed by atoms with Crippen molar-refractivity contribution in [2.24, 2.45) is 12.0 Å². The molecule has 0 fully saturated rings. The van der Waals surface area contributed by atoms with Gasteiger partial charge in [0.05, 0.1) is 12.7 Å². The van der Waals surface area contributed by atoms with Gasteiger partial charge in [-0.15, -0.1) is 0 Å². The molecule has 0 saturated carbocycles. The van der Waals surface area contributed by atoms with E-state index in [1.807, 2.05) is 32.1 Å². The lowest BCUT2D eigenvalue weighted by molar-refractivity contribution is 0.476. The third kappa shape index (κ3) is 4.77. The van der Waals surface area contributed by atoms with E-state index in [2.05, 4.69) is 15.4 Å². The van der Waals surface area contributed by atoms with Crippen LogP contribution >= 0.6 is 0 Å². The molecule has 1 aromatic heterocycles. The van der Waals surface area contributed by atoms with Crippen LogP contribution in [0.3, 0.4) is 0 Å². The second kappa shape index (κ2) is 7.71. The van der Waals surface area contributed by atoms with Gasteiger partial charge in [0.1, 0.15) is 11.6 Å². The highest BCUT2D eigenvalue weighted by Gasteiger charge is 2.09. The SMILES string of the molecule is CCNC(=NCc1cc(F)ccc1F)N(C)Cc1cnn(C)c1. The van der Waals surface area contributed by atoms with Gasteiger partial charge in [-0.25, -0.2) is 13.8 Å². The first kappa shape index (κ1) is 16.9. The fraction of sp³-hybridized carbons (Fsp3) is 0.375. The van der Waals surface area contributed by atoms with Gasteiger partial charge in [0.15, 0.2) is 5.96 Å². The molecular formula is C16H21F2N5. The van der Waals surface area contributed by atoms with Crippen molar-refractivity contribution in [1.82, 2.24) is 20.0 Å². The minimum Gasteiger partial charge on any atom is -0.357 e. The zero-order chi connectivity index (χ0) is 16.8. The molecule has 0 spiro atoms. The summed E-state index contributed by atoms with van der Waals surface area (Å²) in [6.07, 6.45) is 3.71. The van der Waals surface area contributed by atoms with Crippen LogP contribution in [0.15, 0.2) is 35.6 Å². The maximum atomic E-state index is 13.7. The molecule has 1 N–H and O–H groups in total. The molecule has 23 heavy (non-hydrogen) atoms. The minimum absolute atomic E-state index is 0.0727. The maximum Gasteiger partial charge on any atom is 0.194 e. The normalized spacial score (nSPS) is 11.6. The van der Waals surface area contributed by atoms with Gasteiger partial charge in [-0.1, -0.05) is 0 Å². The summed E-state index contributed by atoms with van der Waals surface area (Å²) in [6.45, 7) is 3.33. The molecule has 0 saturated heterocycles. The maximum absolute atomic E-state index is 13.7. The van der Waals surface area contributed by atoms with E-state index in [0.29, 0.717) is 19.0 Å². The number of hydrogen-bond donors (Lipinski definition) is 1. The summed E-state index contributed by atoms with van der Waals surface area (Å²) in [5.74, 6) is -0.300. The van der Waals surface area contributed by atoms with E-state index in [-0.39, 0.29) is 12.1 Å². The van der Waals surface area contributed by atoms with Crippen molar-refractivity contribution in [2.75, 3.05) is 13.6 Å². The first-order valence-corrected chi connectivity index (χ1v) is 7.40. The van der Waals surface area contributed by atoms with Crippen molar-refractivity contribution >= 4 is 5.96 Å². The third-order valence-corrected chi connectivity index (χ3v) is 3.28. The molecule has 0 aliphatic carbocycles. The summed E-state index contributed by atoms with van der Waals surface area (Å²) in [5, 5.41) is 7.27. The predicted octanol–water partition coefficient (Wildman–Crippen LogP) is 2.30. The molecule has 0 atom stereocenters. The van der Waals surface area contributed by atoms with Crippen molar-refractivity contribution < 1.29 is 8.78 Å². The van der Waals surface area contributed by atoms with Gasteiger partial charge in [-0.2, -0.15) is 5.10 Å². The number of aliphatic imine (C=N–C) groups is 1. The van der Waals surface area contributed by atoms with Crippen molar-refractivity contribution in [2.45, 2.75) is 20.0 Å². The lowest BCUT2D eigenvalue weighted by Gasteiger charge is -2.21. The summed E-state index contributed by atoms with van der Waals surface area (Å²) in [5.41, 5.74) is 1.27. The Balaban J connectivity index is 2.11. The highest BCUT2D eigenvalue weighted by molar-refractivity contribution is 5.79. The van der Waals surface area contributed by atoms with Crippen LogP contribution in [0.5, 0.6) is 0 Å². The van der Waals surface area contributed by atoms with Gasteiger partial charge in [0.25, 0.3) is 0 Å². The number of aryl methyl sites for hydroxylation is 1. The third-order valence-electron chi connectivity index (χ3n) is 3.28. The summed E-state index contributed by atoms with van der Waals surface area (Å²) in [4.78, 5) is 6.30. The number of hydrogen-bond acceptors (Lipinski definition) is 2. The van der Waals surface area contributed by atoms with E-state index in [9.17, 15) is 8.78 Å². The second-order valence-corrected chi connectivity index (χ2v) is 5.28. The Morgan fingerprint density at radius 2 is 2.17 bits per heavy atom. The largest absolute Gasteiger partial charge is 0.357 e. The van der Waals surface area contributed by atoms with Crippen molar-refractivity contribution in [3.8, 4) is 0 Å². The van der Waals surface area contributed by atoms with Gasteiger partial charge < -0.3 is 10.2 Å². The van der Waals surface area contributed by atoms with Crippen LogP contribution in [-0.2, 0) is 20.1 Å². The van der Waals surface area contributed by atoms with Crippen LogP contribution in [0, 0.1) is 11.6 Å². The zero-order valence-electron chi connectivity index (χ0n) is 13.6. The van der Waals surface area contributed by atoms with E-state index < -0.39 is 11.6 Å². The number of rotatable bonds is 5. The average Bonchev–Trinajstić information content (AvgIpc) is 2.91. The van der Waals surface area contributed by atoms with Crippen molar-refractivity contribution in [3.63, 3.8) is 0 Å². The average molecular weight is 321 g/mol. The Bertz CT molecular complexity index is 681. The van der Waals surface area contributed by atoms with E-state index in [0.717, 1.165) is 17.7 Å². The van der Waals surface area contributed by atoms with Crippen molar-refractivity contribution in [1.29, 1.82) is 0 Å². The van der Waals surface area contributed by atoms with E-state index in [1.165, 1.54) is 6.07 Å². The number of aromatic nitrogens is 2. The summed E-state index contributed by atoms with van der Waals surface area (Å²) in [6, 6.07) is 3.39. The summed E-state index contributed by atoms with van der Waals surface area (Å²) >= 11 is 0. The molecule has 0 aliphatic heterocycles. The summed E-state index contributed by atoms with van der Waals surface area (Å²) < 4.78 is 28.6. The van der Waals surface area contributed by atoms with E-state index >= 15 is 0 Å². The Hall–Kier alpha value is -2.44. The van der Waals surface area contributed by atoms with Crippen LogP contribution in [0.1, 0.15) is 18.1 Å². The van der Waals surface area contributed by atoms with E-state index in [4.69, 9.17) is 0 Å². The first-order chi connectivity index (χ1) is 11.0. The molecule has 7 heteroatoms. The molecule has 1 aromatic carbocycles. The highest BCUT2D eigenvalue weighted by atomic mass is 19.1. The standard InChI is InChI=1S/C16H21F2N5/c1-4-19-16(22(2)10-12-8-21-23(3)11-12)20-9-13-7-14(17)5-6-15(13)18/h5-8,11H,4,9-10H2,1-3H3,(H,19,20). The Labute approximate surface area is 134 Å². The zero-order valence-corrected chi connectivity index (χ0v) is 13.6. The number of nitrogens with zero attached hydrogens (tertiary/aromatic N) is 4. The molecular weight excluding hydrogens is 300 g/mol. The van der Waals surface area contributed by atoms with E-state index in [1.54, 1.807) is 10.9 Å². The quantitative estimate of drug-likeness (QED) is 0.679. The molecule has 124 valence electrons. The smallest absolute Gasteiger partial charge is 0.194 e. The second-order valence-electron chi connectivity index (χ2n) is 5.28. The predicted molar refractivity (Wildman–Crippen MR) is 85.8 cm³/mol. The summed E-state index contributed by atoms with van der Waals surface area (Å²) in [7, 11) is 3.74. The fourth-order valence-corrected chi connectivity index (χ4v) is 2.20. The van der Waals surface area contributed by atoms with Crippen LogP contribution < -0.4 is 5.32 Å². The lowest BCUT2D eigenvalue weighted by atomic mass is 10.2. The number of halogens is 2. The lowest BCUT2D eigenvalue weighted by Crippen LogP contribution is -2.38. The molecule has 0 radical (unpaired) electrons. The molecule has 2 rings (SSSR count). The Kier molecular flexibility index (Phi) is 5.67. The number of benzene rings is 1. The Morgan fingerprint density at radius 1 is 1.39 bits per heavy atom. The first-order valence-electron chi connectivity index (χ1n) is 7.40. The highest BCUT2D eigenvalue weighted by Crippen LogP contribution is 2.11. The monoisotopic (exact) mass is 321 g/mol. The van der Waals surface area contributed by atoms with Gasteiger partial charge in [-0.3, -0.25) is 4.68 Å². The Morgan fingerprint density at radius 3 is 2.83 bits per heavy atom.